The van der Waals surface area contributed by atoms with E-state index in [1.807, 2.05) is 25.1 Å². The quantitative estimate of drug-likeness (QED) is 0.832. The number of methoxy groups -OCH3 is 1. The summed E-state index contributed by atoms with van der Waals surface area (Å²) in [4.78, 5) is 28.6. The van der Waals surface area contributed by atoms with E-state index in [1.54, 1.807) is 13.3 Å². The van der Waals surface area contributed by atoms with E-state index >= 15 is 0 Å². The number of carbonyl (C=O) groups is 1. The molecule has 1 saturated heterocycles. The van der Waals surface area contributed by atoms with Crippen LogP contribution in [0.15, 0.2) is 24.4 Å². The number of carbonyl (C=O) groups excluding carboxylic acids is 1. The Balaban J connectivity index is 1.66. The third-order valence-electron chi connectivity index (χ3n) is 5.08. The van der Waals surface area contributed by atoms with Gasteiger partial charge >= 0.3 is 0 Å². The van der Waals surface area contributed by atoms with Crippen molar-refractivity contribution in [2.45, 2.75) is 52.6 Å². The first kappa shape index (κ1) is 21.2. The van der Waals surface area contributed by atoms with E-state index in [-0.39, 0.29) is 17.2 Å². The van der Waals surface area contributed by atoms with Crippen LogP contribution in [0.3, 0.4) is 0 Å². The lowest BCUT2D eigenvalue weighted by Crippen LogP contribution is -2.39. The predicted octanol–water partition coefficient (Wildman–Crippen LogP) is 3.48. The van der Waals surface area contributed by atoms with Gasteiger partial charge in [0.1, 0.15) is 17.5 Å². The van der Waals surface area contributed by atoms with Gasteiger partial charge in [-0.1, -0.05) is 26.8 Å². The standard InChI is InChI=1S/C22H31N5O2/c1-15-6-7-18(23-13-15)25-20(28)16-8-10-27(11-9-16)19-12-17(14-29-5)24-21(26-19)22(2,3)4/h6-7,12-13,16H,8-11,14H2,1-5H3,(H,23,25,28). The van der Waals surface area contributed by atoms with Gasteiger partial charge in [0.05, 0.1) is 12.3 Å². The minimum Gasteiger partial charge on any atom is -0.378 e. The normalized spacial score (nSPS) is 15.4. The number of piperidine rings is 1. The predicted molar refractivity (Wildman–Crippen MR) is 114 cm³/mol. The SMILES string of the molecule is COCc1cc(N2CCC(C(=O)Nc3ccc(C)cn3)CC2)nc(C(C)(C)C)n1. The highest BCUT2D eigenvalue weighted by Crippen LogP contribution is 2.26. The number of aromatic nitrogens is 3. The lowest BCUT2D eigenvalue weighted by Gasteiger charge is -2.33. The first-order valence-corrected chi connectivity index (χ1v) is 10.1. The van der Waals surface area contributed by atoms with E-state index in [0.29, 0.717) is 12.4 Å². The van der Waals surface area contributed by atoms with Gasteiger partial charge in [-0.25, -0.2) is 15.0 Å². The van der Waals surface area contributed by atoms with Crippen LogP contribution in [0.2, 0.25) is 0 Å². The third-order valence-corrected chi connectivity index (χ3v) is 5.08. The van der Waals surface area contributed by atoms with Crippen LogP contribution < -0.4 is 10.2 Å². The zero-order valence-corrected chi connectivity index (χ0v) is 18.0. The zero-order valence-electron chi connectivity index (χ0n) is 18.0. The van der Waals surface area contributed by atoms with Crippen molar-refractivity contribution in [3.8, 4) is 0 Å². The second-order valence-corrected chi connectivity index (χ2v) is 8.70. The van der Waals surface area contributed by atoms with Crippen LogP contribution in [0.5, 0.6) is 0 Å². The number of anilines is 2. The molecule has 1 amide bonds. The first-order chi connectivity index (χ1) is 13.8. The Kier molecular flexibility index (Phi) is 6.47. The van der Waals surface area contributed by atoms with E-state index in [0.717, 1.165) is 48.8 Å². The number of nitrogens with zero attached hydrogens (tertiary/aromatic N) is 4. The molecule has 0 aromatic carbocycles. The van der Waals surface area contributed by atoms with Gasteiger partial charge in [-0.05, 0) is 31.4 Å². The van der Waals surface area contributed by atoms with Crippen molar-refractivity contribution < 1.29 is 9.53 Å². The monoisotopic (exact) mass is 397 g/mol. The Hall–Kier alpha value is -2.54. The summed E-state index contributed by atoms with van der Waals surface area (Å²) in [5, 5.41) is 2.94. The van der Waals surface area contributed by atoms with Crippen LogP contribution in [0.4, 0.5) is 11.6 Å². The number of ether oxygens (including phenoxy) is 1. The van der Waals surface area contributed by atoms with Crippen molar-refractivity contribution in [2.75, 3.05) is 30.4 Å². The maximum atomic E-state index is 12.6. The largest absolute Gasteiger partial charge is 0.378 e. The maximum absolute atomic E-state index is 12.6. The number of rotatable bonds is 5. The van der Waals surface area contributed by atoms with E-state index in [4.69, 9.17) is 9.72 Å². The van der Waals surface area contributed by atoms with Crippen molar-refractivity contribution in [2.24, 2.45) is 5.92 Å². The van der Waals surface area contributed by atoms with Gasteiger partial charge in [-0.15, -0.1) is 0 Å². The Morgan fingerprint density at radius 1 is 1.24 bits per heavy atom. The molecule has 156 valence electrons. The van der Waals surface area contributed by atoms with Crippen LogP contribution >= 0.6 is 0 Å². The fourth-order valence-electron chi connectivity index (χ4n) is 3.34. The maximum Gasteiger partial charge on any atom is 0.228 e. The molecular weight excluding hydrogens is 366 g/mol. The lowest BCUT2D eigenvalue weighted by atomic mass is 9.95. The van der Waals surface area contributed by atoms with Crippen molar-refractivity contribution in [1.29, 1.82) is 0 Å². The average molecular weight is 398 g/mol. The highest BCUT2D eigenvalue weighted by molar-refractivity contribution is 5.91. The summed E-state index contributed by atoms with van der Waals surface area (Å²) in [5.41, 5.74) is 1.81. The molecule has 7 nitrogen and oxygen atoms in total. The van der Waals surface area contributed by atoms with Gasteiger partial charge in [0.2, 0.25) is 5.91 Å². The molecule has 1 N–H and O–H groups in total. The molecule has 2 aromatic rings. The second-order valence-electron chi connectivity index (χ2n) is 8.70. The van der Waals surface area contributed by atoms with Gasteiger partial charge in [0.25, 0.3) is 0 Å². The number of hydrogen-bond donors (Lipinski definition) is 1. The molecule has 29 heavy (non-hydrogen) atoms. The zero-order chi connectivity index (χ0) is 21.0. The Morgan fingerprint density at radius 3 is 2.55 bits per heavy atom. The average Bonchev–Trinajstić information content (AvgIpc) is 2.69. The molecule has 2 aromatic heterocycles. The van der Waals surface area contributed by atoms with Crippen molar-refractivity contribution in [3.63, 3.8) is 0 Å². The number of aryl methyl sites for hydroxylation is 1. The number of nitrogens with one attached hydrogen (secondary N) is 1. The van der Waals surface area contributed by atoms with E-state index < -0.39 is 0 Å². The molecule has 1 fully saturated rings. The number of amides is 1. The minimum absolute atomic E-state index is 0.0169. The fourth-order valence-corrected chi connectivity index (χ4v) is 3.34. The van der Waals surface area contributed by atoms with Gasteiger partial charge < -0.3 is 15.0 Å². The summed E-state index contributed by atoms with van der Waals surface area (Å²) in [6.07, 6.45) is 3.33. The van der Waals surface area contributed by atoms with E-state index in [2.05, 4.69) is 41.0 Å². The molecule has 3 rings (SSSR count). The molecule has 1 aliphatic rings. The molecule has 0 radical (unpaired) electrons. The van der Waals surface area contributed by atoms with Crippen LogP contribution in [0.1, 0.15) is 50.7 Å². The molecule has 0 atom stereocenters. The van der Waals surface area contributed by atoms with E-state index in [9.17, 15) is 4.79 Å². The highest BCUT2D eigenvalue weighted by Gasteiger charge is 2.27. The van der Waals surface area contributed by atoms with E-state index in [1.165, 1.54) is 0 Å². The van der Waals surface area contributed by atoms with Crippen LogP contribution in [-0.2, 0) is 21.6 Å². The highest BCUT2D eigenvalue weighted by atomic mass is 16.5. The molecule has 0 saturated carbocycles. The van der Waals surface area contributed by atoms with Gasteiger partial charge in [0, 0.05) is 43.8 Å². The minimum atomic E-state index is -0.141. The summed E-state index contributed by atoms with van der Waals surface area (Å²) in [6, 6.07) is 5.79. The smallest absolute Gasteiger partial charge is 0.228 e. The van der Waals surface area contributed by atoms with Crippen LogP contribution in [0.25, 0.3) is 0 Å². The molecule has 0 bridgehead atoms. The fraction of sp³-hybridized carbons (Fsp3) is 0.545. The second kappa shape index (κ2) is 8.86. The Morgan fingerprint density at radius 2 is 1.97 bits per heavy atom. The van der Waals surface area contributed by atoms with Crippen LogP contribution in [0, 0.1) is 12.8 Å². The van der Waals surface area contributed by atoms with Gasteiger partial charge in [-0.3, -0.25) is 4.79 Å². The number of pyridine rings is 1. The molecular formula is C22H31N5O2. The Labute approximate surface area is 172 Å². The topological polar surface area (TPSA) is 80.2 Å². The first-order valence-electron chi connectivity index (χ1n) is 10.1. The van der Waals surface area contributed by atoms with Crippen molar-refractivity contribution in [3.05, 3.63) is 41.5 Å². The van der Waals surface area contributed by atoms with Crippen molar-refractivity contribution in [1.82, 2.24) is 15.0 Å². The number of hydrogen-bond acceptors (Lipinski definition) is 6. The summed E-state index contributed by atoms with van der Waals surface area (Å²) in [7, 11) is 1.67. The lowest BCUT2D eigenvalue weighted by molar-refractivity contribution is -0.120. The summed E-state index contributed by atoms with van der Waals surface area (Å²) in [5.74, 6) is 2.36. The summed E-state index contributed by atoms with van der Waals surface area (Å²) in [6.45, 7) is 10.3. The molecule has 0 aliphatic carbocycles. The molecule has 3 heterocycles. The molecule has 0 unspecified atom stereocenters. The Bertz CT molecular complexity index is 837. The molecule has 1 aliphatic heterocycles. The van der Waals surface area contributed by atoms with Crippen LogP contribution in [-0.4, -0.2) is 41.1 Å². The van der Waals surface area contributed by atoms with Crippen molar-refractivity contribution >= 4 is 17.5 Å². The summed E-state index contributed by atoms with van der Waals surface area (Å²) >= 11 is 0. The van der Waals surface area contributed by atoms with Gasteiger partial charge in [-0.2, -0.15) is 0 Å². The third kappa shape index (κ3) is 5.50. The molecule has 0 spiro atoms. The summed E-state index contributed by atoms with van der Waals surface area (Å²) < 4.78 is 5.28. The van der Waals surface area contributed by atoms with Gasteiger partial charge in [0.15, 0.2) is 0 Å². The molecule has 7 heteroatoms.